The molecule has 2 heterocycles. The zero-order chi connectivity index (χ0) is 14.3. The van der Waals surface area contributed by atoms with E-state index in [4.69, 9.17) is 11.6 Å². The minimum atomic E-state index is -0.0248. The van der Waals surface area contributed by atoms with Gasteiger partial charge in [0.25, 0.3) is 0 Å². The summed E-state index contributed by atoms with van der Waals surface area (Å²) in [6, 6.07) is 5.87. The van der Waals surface area contributed by atoms with Gasteiger partial charge in [0.05, 0.1) is 15.1 Å². The number of H-pyrrole nitrogens is 1. The van der Waals surface area contributed by atoms with Crippen molar-refractivity contribution in [1.82, 2.24) is 14.5 Å². The first-order chi connectivity index (χ1) is 9.56. The Labute approximate surface area is 136 Å². The molecule has 1 aromatic carbocycles. The molecular formula is C14H17ClIN3O. The van der Waals surface area contributed by atoms with E-state index in [0.717, 1.165) is 37.0 Å². The first-order valence-electron chi connectivity index (χ1n) is 6.84. The van der Waals surface area contributed by atoms with Crippen LogP contribution in [0.2, 0.25) is 5.02 Å². The van der Waals surface area contributed by atoms with Gasteiger partial charge in [-0.25, -0.2) is 4.79 Å². The van der Waals surface area contributed by atoms with Gasteiger partial charge in [-0.1, -0.05) is 34.2 Å². The van der Waals surface area contributed by atoms with E-state index < -0.39 is 0 Å². The molecule has 0 aliphatic carbocycles. The van der Waals surface area contributed by atoms with Crippen LogP contribution >= 0.6 is 34.2 Å². The van der Waals surface area contributed by atoms with Crippen molar-refractivity contribution in [1.29, 1.82) is 0 Å². The fourth-order valence-electron chi connectivity index (χ4n) is 2.97. The molecule has 20 heavy (non-hydrogen) atoms. The van der Waals surface area contributed by atoms with E-state index in [2.05, 4.69) is 39.4 Å². The minimum absolute atomic E-state index is 0.0248. The van der Waals surface area contributed by atoms with Crippen molar-refractivity contribution < 1.29 is 0 Å². The third-order valence-corrected chi connectivity index (χ3v) is 5.07. The number of likely N-dealkylation sites (tertiary alicyclic amines) is 1. The summed E-state index contributed by atoms with van der Waals surface area (Å²) < 4.78 is 2.45. The molecule has 1 unspecified atom stereocenters. The second-order valence-corrected chi connectivity index (χ2v) is 7.54. The maximum absolute atomic E-state index is 12.2. The summed E-state index contributed by atoms with van der Waals surface area (Å²) in [5, 5.41) is 0.652. The number of fused-ring (bicyclic) bond motifs is 1. The van der Waals surface area contributed by atoms with Crippen LogP contribution < -0.4 is 5.69 Å². The molecule has 0 spiro atoms. The number of nitrogens with zero attached hydrogens (tertiary/aromatic N) is 2. The molecule has 0 radical (unpaired) electrons. The number of rotatable bonds is 2. The first kappa shape index (κ1) is 14.4. The number of alkyl halides is 1. The Kier molecular flexibility index (Phi) is 4.10. The van der Waals surface area contributed by atoms with Crippen molar-refractivity contribution in [3.05, 3.63) is 33.7 Å². The average molecular weight is 406 g/mol. The van der Waals surface area contributed by atoms with Gasteiger partial charge in [-0.15, -0.1) is 0 Å². The molecule has 1 aromatic heterocycles. The average Bonchev–Trinajstić information content (AvgIpc) is 2.73. The van der Waals surface area contributed by atoms with Gasteiger partial charge in [-0.05, 0) is 38.0 Å². The highest BCUT2D eigenvalue weighted by molar-refractivity contribution is 14.1. The van der Waals surface area contributed by atoms with Crippen LogP contribution in [0.5, 0.6) is 0 Å². The Morgan fingerprint density at radius 1 is 1.40 bits per heavy atom. The van der Waals surface area contributed by atoms with Gasteiger partial charge < -0.3 is 4.98 Å². The number of hydrogen-bond acceptors (Lipinski definition) is 2. The van der Waals surface area contributed by atoms with Crippen molar-refractivity contribution >= 4 is 45.2 Å². The van der Waals surface area contributed by atoms with E-state index in [-0.39, 0.29) is 11.7 Å². The topological polar surface area (TPSA) is 41.0 Å². The van der Waals surface area contributed by atoms with Crippen LogP contribution in [0.25, 0.3) is 11.0 Å². The molecular weight excluding hydrogens is 389 g/mol. The lowest BCUT2D eigenvalue weighted by molar-refractivity contribution is 0.187. The van der Waals surface area contributed by atoms with Crippen LogP contribution in [0, 0.1) is 0 Å². The smallest absolute Gasteiger partial charge is 0.305 e. The number of piperidine rings is 1. The summed E-state index contributed by atoms with van der Waals surface area (Å²) in [5.41, 5.74) is 1.76. The van der Waals surface area contributed by atoms with Crippen LogP contribution in [-0.4, -0.2) is 31.6 Å². The van der Waals surface area contributed by atoms with Gasteiger partial charge in [-0.3, -0.25) is 9.47 Å². The van der Waals surface area contributed by atoms with Crippen molar-refractivity contribution in [2.45, 2.75) is 29.9 Å². The zero-order valence-corrected chi connectivity index (χ0v) is 14.2. The largest absolute Gasteiger partial charge is 0.326 e. The third kappa shape index (κ3) is 2.63. The van der Waals surface area contributed by atoms with Gasteiger partial charge in [0.15, 0.2) is 0 Å². The summed E-state index contributed by atoms with van der Waals surface area (Å²) in [7, 11) is 0. The highest BCUT2D eigenvalue weighted by Gasteiger charge is 2.24. The number of aromatic nitrogens is 2. The van der Waals surface area contributed by atoms with E-state index in [9.17, 15) is 4.79 Å². The van der Waals surface area contributed by atoms with E-state index in [0.29, 0.717) is 9.07 Å². The molecule has 2 aromatic rings. The molecule has 6 heteroatoms. The van der Waals surface area contributed by atoms with Gasteiger partial charge in [0.1, 0.15) is 0 Å². The molecule has 4 nitrogen and oxygen atoms in total. The molecule has 108 valence electrons. The molecule has 1 atom stereocenters. The normalized spacial score (nSPS) is 19.6. The van der Waals surface area contributed by atoms with Gasteiger partial charge in [-0.2, -0.15) is 0 Å². The quantitative estimate of drug-likeness (QED) is 0.473. The number of benzene rings is 1. The highest BCUT2D eigenvalue weighted by Crippen LogP contribution is 2.27. The van der Waals surface area contributed by atoms with Crippen molar-refractivity contribution in [2.75, 3.05) is 13.1 Å². The molecule has 0 amide bonds. The van der Waals surface area contributed by atoms with Gasteiger partial charge in [0, 0.05) is 24.2 Å². The second kappa shape index (κ2) is 5.69. The second-order valence-electron chi connectivity index (χ2n) is 5.30. The number of halogens is 2. The summed E-state index contributed by atoms with van der Waals surface area (Å²) in [5.74, 6) is 0. The molecule has 1 fully saturated rings. The van der Waals surface area contributed by atoms with Gasteiger partial charge in [0.2, 0.25) is 0 Å². The fraction of sp³-hybridized carbons (Fsp3) is 0.500. The fourth-order valence-corrected chi connectivity index (χ4v) is 3.69. The summed E-state index contributed by atoms with van der Waals surface area (Å²) in [6.07, 6.45) is 2.03. The maximum atomic E-state index is 12.2. The molecule has 1 saturated heterocycles. The predicted molar refractivity (Wildman–Crippen MR) is 90.9 cm³/mol. The minimum Gasteiger partial charge on any atom is -0.305 e. The Bertz CT molecular complexity index is 671. The standard InChI is InChI=1S/C14H17ClIN3O/c1-9(16)18-6-4-11(5-7-18)19-13-3-2-10(15)8-12(13)17-14(19)20/h2-3,8-9,11H,4-7H2,1H3,(H,17,20). The molecule has 0 saturated carbocycles. The Hall–Kier alpha value is -0.530. The van der Waals surface area contributed by atoms with Crippen LogP contribution in [0.1, 0.15) is 25.8 Å². The molecule has 1 N–H and O–H groups in total. The molecule has 3 rings (SSSR count). The SMILES string of the molecule is CC(I)N1CCC(n2c(=O)[nH]c3cc(Cl)ccc32)CC1. The Morgan fingerprint density at radius 3 is 2.75 bits per heavy atom. The van der Waals surface area contributed by atoms with Crippen molar-refractivity contribution in [2.24, 2.45) is 0 Å². The van der Waals surface area contributed by atoms with E-state index in [1.165, 1.54) is 0 Å². The van der Waals surface area contributed by atoms with Gasteiger partial charge >= 0.3 is 5.69 Å². The van der Waals surface area contributed by atoms with Crippen LogP contribution in [-0.2, 0) is 0 Å². The predicted octanol–water partition coefficient (Wildman–Crippen LogP) is 3.40. The molecule has 0 bridgehead atoms. The van der Waals surface area contributed by atoms with Crippen LogP contribution in [0.15, 0.2) is 23.0 Å². The Balaban J connectivity index is 1.92. The lowest BCUT2D eigenvalue weighted by Gasteiger charge is -2.34. The number of imidazole rings is 1. The van der Waals surface area contributed by atoms with E-state index in [1.54, 1.807) is 0 Å². The summed E-state index contributed by atoms with van der Waals surface area (Å²) >= 11 is 8.42. The highest BCUT2D eigenvalue weighted by atomic mass is 127. The lowest BCUT2D eigenvalue weighted by Crippen LogP contribution is -2.39. The van der Waals surface area contributed by atoms with Crippen LogP contribution in [0.4, 0.5) is 0 Å². The van der Waals surface area contributed by atoms with Crippen molar-refractivity contribution in [3.63, 3.8) is 0 Å². The zero-order valence-electron chi connectivity index (χ0n) is 11.3. The van der Waals surface area contributed by atoms with Crippen molar-refractivity contribution in [3.8, 4) is 0 Å². The molecule has 1 aliphatic rings. The Morgan fingerprint density at radius 2 is 2.10 bits per heavy atom. The van der Waals surface area contributed by atoms with Crippen LogP contribution in [0.3, 0.4) is 0 Å². The van der Waals surface area contributed by atoms with E-state index in [1.807, 2.05) is 22.8 Å². The monoisotopic (exact) mass is 405 g/mol. The lowest BCUT2D eigenvalue weighted by atomic mass is 10.0. The number of aromatic amines is 1. The summed E-state index contributed by atoms with van der Waals surface area (Å²) in [6.45, 7) is 4.30. The molecule has 1 aliphatic heterocycles. The maximum Gasteiger partial charge on any atom is 0.326 e. The third-order valence-electron chi connectivity index (χ3n) is 4.05. The number of hydrogen-bond donors (Lipinski definition) is 1. The summed E-state index contributed by atoms with van der Waals surface area (Å²) in [4.78, 5) is 17.6. The van der Waals surface area contributed by atoms with E-state index >= 15 is 0 Å². The number of nitrogens with one attached hydrogen (secondary N) is 1. The first-order valence-corrected chi connectivity index (χ1v) is 8.46.